The Kier molecular flexibility index (Phi) is 4.88. The van der Waals surface area contributed by atoms with Crippen molar-refractivity contribution in [3.05, 3.63) is 69.1 Å². The molecule has 0 unspecified atom stereocenters. The molecule has 2 heterocycles. The predicted octanol–water partition coefficient (Wildman–Crippen LogP) is 4.55. The van der Waals surface area contributed by atoms with Gasteiger partial charge in [-0.2, -0.15) is 5.26 Å². The molecule has 8 heteroatoms. The van der Waals surface area contributed by atoms with E-state index in [9.17, 15) is 20.2 Å². The molecule has 0 N–H and O–H groups in total. The average molecular weight is 367 g/mol. The van der Waals surface area contributed by atoms with Gasteiger partial charge in [-0.3, -0.25) is 14.9 Å². The first-order valence-electron chi connectivity index (χ1n) is 6.99. The van der Waals surface area contributed by atoms with E-state index in [1.807, 2.05) is 17.5 Å². The zero-order valence-corrected chi connectivity index (χ0v) is 14.2. The molecule has 0 aliphatic rings. The van der Waals surface area contributed by atoms with E-state index in [0.717, 1.165) is 22.3 Å². The number of aldehydes is 1. The van der Waals surface area contributed by atoms with Crippen LogP contribution in [0.2, 0.25) is 0 Å². The summed E-state index contributed by atoms with van der Waals surface area (Å²) < 4.78 is 0. The molecule has 1 aromatic carbocycles. The number of nitro groups is 1. The molecular formula is C17H9N3O3S2. The molecule has 3 aromatic rings. The summed E-state index contributed by atoms with van der Waals surface area (Å²) in [6, 6.07) is 13.4. The highest BCUT2D eigenvalue weighted by Gasteiger charge is 2.15. The largest absolute Gasteiger partial charge is 0.298 e. The van der Waals surface area contributed by atoms with Crippen LogP contribution in [0, 0.1) is 21.4 Å². The van der Waals surface area contributed by atoms with E-state index in [2.05, 4.69) is 11.1 Å². The maximum atomic E-state index is 11.3. The molecule has 0 radical (unpaired) electrons. The normalized spacial score (nSPS) is 10.2. The Morgan fingerprint density at radius 3 is 2.76 bits per heavy atom. The molecular weight excluding hydrogens is 358 g/mol. The standard InChI is InChI=1S/C17H9N3O3S2/c18-9-11-3-5-14(16-2-1-7-24-16)19-17(11)25-15-6-4-13(20(22)23)8-12(15)10-21/h1-8,10H. The summed E-state index contributed by atoms with van der Waals surface area (Å²) in [5.74, 6) is 0. The molecule has 0 saturated carbocycles. The molecule has 0 aliphatic heterocycles. The van der Waals surface area contributed by atoms with Gasteiger partial charge in [0.25, 0.3) is 5.69 Å². The summed E-state index contributed by atoms with van der Waals surface area (Å²) >= 11 is 2.67. The minimum atomic E-state index is -0.558. The Bertz CT molecular complexity index is 995. The lowest BCUT2D eigenvalue weighted by atomic mass is 10.2. The Morgan fingerprint density at radius 1 is 1.28 bits per heavy atom. The fourth-order valence-corrected chi connectivity index (χ4v) is 3.74. The number of hydrogen-bond acceptors (Lipinski definition) is 7. The maximum Gasteiger partial charge on any atom is 0.270 e. The molecule has 25 heavy (non-hydrogen) atoms. The second-order valence-corrected chi connectivity index (χ2v) is 6.82. The van der Waals surface area contributed by atoms with Crippen LogP contribution in [0.25, 0.3) is 10.6 Å². The van der Waals surface area contributed by atoms with Crippen molar-refractivity contribution >= 4 is 35.1 Å². The zero-order chi connectivity index (χ0) is 17.8. The number of carbonyl (C=O) groups is 1. The summed E-state index contributed by atoms with van der Waals surface area (Å²) in [5, 5.41) is 22.5. The van der Waals surface area contributed by atoms with Crippen molar-refractivity contribution in [2.45, 2.75) is 9.92 Å². The van der Waals surface area contributed by atoms with Crippen LogP contribution in [0.1, 0.15) is 15.9 Å². The summed E-state index contributed by atoms with van der Waals surface area (Å²) in [6.07, 6.45) is 0.560. The minimum Gasteiger partial charge on any atom is -0.298 e. The van der Waals surface area contributed by atoms with Gasteiger partial charge in [-0.25, -0.2) is 4.98 Å². The smallest absolute Gasteiger partial charge is 0.270 e. The monoisotopic (exact) mass is 367 g/mol. The van der Waals surface area contributed by atoms with Crippen molar-refractivity contribution < 1.29 is 9.72 Å². The minimum absolute atomic E-state index is 0.160. The average Bonchev–Trinajstić information content (AvgIpc) is 3.16. The first-order valence-corrected chi connectivity index (χ1v) is 8.68. The summed E-state index contributed by atoms with van der Waals surface area (Å²) in [5.41, 5.74) is 1.13. The quantitative estimate of drug-likeness (QED) is 0.373. The number of benzene rings is 1. The third-order valence-corrected chi connectivity index (χ3v) is 5.28. The lowest BCUT2D eigenvalue weighted by molar-refractivity contribution is -0.384. The lowest BCUT2D eigenvalue weighted by Crippen LogP contribution is -1.94. The number of non-ortho nitro benzene ring substituents is 1. The van der Waals surface area contributed by atoms with Crippen molar-refractivity contribution in [3.8, 4) is 16.6 Å². The van der Waals surface area contributed by atoms with E-state index >= 15 is 0 Å². The van der Waals surface area contributed by atoms with Gasteiger partial charge in [0, 0.05) is 22.6 Å². The molecule has 0 spiro atoms. The van der Waals surface area contributed by atoms with Crippen molar-refractivity contribution in [2.75, 3.05) is 0 Å². The van der Waals surface area contributed by atoms with Gasteiger partial charge in [0.1, 0.15) is 11.1 Å². The van der Waals surface area contributed by atoms with Gasteiger partial charge in [-0.05, 0) is 29.6 Å². The zero-order valence-electron chi connectivity index (χ0n) is 12.6. The van der Waals surface area contributed by atoms with Gasteiger partial charge < -0.3 is 0 Å². The molecule has 0 bridgehead atoms. The summed E-state index contributed by atoms with van der Waals surface area (Å²) in [7, 11) is 0. The van der Waals surface area contributed by atoms with Gasteiger partial charge in [-0.1, -0.05) is 17.8 Å². The molecule has 0 atom stereocenters. The van der Waals surface area contributed by atoms with E-state index in [1.165, 1.54) is 29.5 Å². The number of nitrogens with zero attached hydrogens (tertiary/aromatic N) is 3. The number of pyridine rings is 1. The number of nitriles is 1. The molecule has 122 valence electrons. The second-order valence-electron chi connectivity index (χ2n) is 4.84. The van der Waals surface area contributed by atoms with Crippen LogP contribution in [0.15, 0.2) is 57.8 Å². The molecule has 0 aliphatic carbocycles. The molecule has 0 fully saturated rings. The summed E-state index contributed by atoms with van der Waals surface area (Å²) in [6.45, 7) is 0. The second kappa shape index (κ2) is 7.25. The van der Waals surface area contributed by atoms with Crippen molar-refractivity contribution in [1.82, 2.24) is 4.98 Å². The van der Waals surface area contributed by atoms with E-state index in [0.29, 0.717) is 21.8 Å². The Hall–Kier alpha value is -3.02. The van der Waals surface area contributed by atoms with Crippen LogP contribution in [-0.4, -0.2) is 16.2 Å². The lowest BCUT2D eigenvalue weighted by Gasteiger charge is -2.07. The third-order valence-electron chi connectivity index (χ3n) is 3.29. The van der Waals surface area contributed by atoms with Crippen LogP contribution in [0.4, 0.5) is 5.69 Å². The van der Waals surface area contributed by atoms with Crippen molar-refractivity contribution in [1.29, 1.82) is 5.26 Å². The predicted molar refractivity (Wildman–Crippen MR) is 94.9 cm³/mol. The van der Waals surface area contributed by atoms with Crippen LogP contribution >= 0.6 is 23.1 Å². The van der Waals surface area contributed by atoms with Crippen LogP contribution in [0.3, 0.4) is 0 Å². The van der Waals surface area contributed by atoms with Gasteiger partial charge in [0.15, 0.2) is 6.29 Å². The van der Waals surface area contributed by atoms with Gasteiger partial charge in [0.2, 0.25) is 0 Å². The topological polar surface area (TPSA) is 96.9 Å². The number of aromatic nitrogens is 1. The van der Waals surface area contributed by atoms with Crippen molar-refractivity contribution in [3.63, 3.8) is 0 Å². The molecule has 0 amide bonds. The van der Waals surface area contributed by atoms with E-state index < -0.39 is 4.92 Å². The Balaban J connectivity index is 2.02. The number of nitro benzene ring substituents is 1. The molecule has 2 aromatic heterocycles. The fraction of sp³-hybridized carbons (Fsp3) is 0. The molecule has 3 rings (SSSR count). The van der Waals surface area contributed by atoms with Gasteiger partial charge in [0.05, 0.1) is 21.1 Å². The van der Waals surface area contributed by atoms with Crippen LogP contribution < -0.4 is 0 Å². The SMILES string of the molecule is N#Cc1ccc(-c2cccs2)nc1Sc1ccc([N+](=O)[O-])cc1C=O. The van der Waals surface area contributed by atoms with Crippen LogP contribution in [0.5, 0.6) is 0 Å². The molecule has 0 saturated heterocycles. The fourth-order valence-electron chi connectivity index (χ4n) is 2.10. The molecule has 6 nitrogen and oxygen atoms in total. The first-order chi connectivity index (χ1) is 12.1. The number of thiophene rings is 1. The van der Waals surface area contributed by atoms with Crippen LogP contribution in [-0.2, 0) is 0 Å². The highest BCUT2D eigenvalue weighted by atomic mass is 32.2. The highest BCUT2D eigenvalue weighted by molar-refractivity contribution is 7.99. The van der Waals surface area contributed by atoms with Gasteiger partial charge in [-0.15, -0.1) is 11.3 Å². The number of rotatable bonds is 5. The maximum absolute atomic E-state index is 11.3. The van der Waals surface area contributed by atoms with Crippen molar-refractivity contribution in [2.24, 2.45) is 0 Å². The Morgan fingerprint density at radius 2 is 2.12 bits per heavy atom. The van der Waals surface area contributed by atoms with E-state index in [4.69, 9.17) is 0 Å². The van der Waals surface area contributed by atoms with E-state index in [-0.39, 0.29) is 11.3 Å². The number of carbonyl (C=O) groups excluding carboxylic acids is 1. The number of hydrogen-bond donors (Lipinski definition) is 0. The Labute approximate surface area is 150 Å². The van der Waals surface area contributed by atoms with Gasteiger partial charge >= 0.3 is 0 Å². The summed E-state index contributed by atoms with van der Waals surface area (Å²) in [4.78, 5) is 27.6. The van der Waals surface area contributed by atoms with E-state index in [1.54, 1.807) is 12.1 Å². The third kappa shape index (κ3) is 3.57. The first kappa shape index (κ1) is 16.8. The highest BCUT2D eigenvalue weighted by Crippen LogP contribution is 2.34.